The van der Waals surface area contributed by atoms with Crippen LogP contribution >= 0.6 is 0 Å². The zero-order chi connectivity index (χ0) is 16.0. The van der Waals surface area contributed by atoms with E-state index in [0.29, 0.717) is 36.9 Å². The van der Waals surface area contributed by atoms with Gasteiger partial charge in [-0.2, -0.15) is 4.31 Å². The van der Waals surface area contributed by atoms with Crippen LogP contribution in [0, 0.1) is 5.92 Å². The van der Waals surface area contributed by atoms with Gasteiger partial charge in [0, 0.05) is 26.1 Å². The molecule has 1 heterocycles. The first kappa shape index (κ1) is 17.0. The van der Waals surface area contributed by atoms with Crippen molar-refractivity contribution in [2.45, 2.75) is 37.5 Å². The number of carbonyl (C=O) groups is 1. The number of hydrogen-bond donors (Lipinski definition) is 1. The Kier molecular flexibility index (Phi) is 5.97. The molecular formula is C16H24N2O3S. The molecule has 0 unspecified atom stereocenters. The van der Waals surface area contributed by atoms with E-state index >= 15 is 0 Å². The summed E-state index contributed by atoms with van der Waals surface area (Å²) in [5.74, 6) is 0.520. The summed E-state index contributed by atoms with van der Waals surface area (Å²) in [6, 6.07) is 8.57. The predicted octanol–water partition coefficient (Wildman–Crippen LogP) is 2.00. The number of rotatable bonds is 6. The Bertz CT molecular complexity index is 579. The first-order chi connectivity index (χ1) is 10.5. The number of piperidine rings is 1. The largest absolute Gasteiger partial charge is 0.356 e. The third-order valence-electron chi connectivity index (χ3n) is 4.11. The van der Waals surface area contributed by atoms with Gasteiger partial charge in [0.05, 0.1) is 4.90 Å². The molecule has 122 valence electrons. The zero-order valence-corrected chi connectivity index (χ0v) is 13.8. The molecule has 0 radical (unpaired) electrons. The molecule has 1 aromatic rings. The molecular weight excluding hydrogens is 300 g/mol. The maximum atomic E-state index is 12.5. The molecule has 0 atom stereocenters. The van der Waals surface area contributed by atoms with E-state index in [9.17, 15) is 13.2 Å². The highest BCUT2D eigenvalue weighted by Crippen LogP contribution is 2.26. The molecule has 1 aromatic carbocycles. The smallest absolute Gasteiger partial charge is 0.243 e. The van der Waals surface area contributed by atoms with Crippen LogP contribution in [0.2, 0.25) is 0 Å². The third-order valence-corrected chi connectivity index (χ3v) is 6.02. The van der Waals surface area contributed by atoms with E-state index in [4.69, 9.17) is 0 Å². The SMILES string of the molecule is CCNC(=O)CCC1CCN(S(=O)(=O)c2ccccc2)CC1. The number of amides is 1. The quantitative estimate of drug-likeness (QED) is 0.870. The van der Waals surface area contributed by atoms with Gasteiger partial charge in [-0.3, -0.25) is 4.79 Å². The standard InChI is InChI=1S/C16H24N2O3S/c1-2-17-16(19)9-8-14-10-12-18(13-11-14)22(20,21)15-6-4-3-5-7-15/h3-7,14H,2,8-13H2,1H3,(H,17,19). The molecule has 0 aliphatic carbocycles. The van der Waals surface area contributed by atoms with Crippen molar-refractivity contribution in [3.63, 3.8) is 0 Å². The van der Waals surface area contributed by atoms with E-state index in [-0.39, 0.29) is 5.91 Å². The Morgan fingerprint density at radius 1 is 1.23 bits per heavy atom. The zero-order valence-electron chi connectivity index (χ0n) is 13.0. The lowest BCUT2D eigenvalue weighted by atomic mass is 9.93. The summed E-state index contributed by atoms with van der Waals surface area (Å²) in [6.45, 7) is 3.64. The van der Waals surface area contributed by atoms with Crippen LogP contribution in [0.5, 0.6) is 0 Å². The molecule has 0 spiro atoms. The fourth-order valence-corrected chi connectivity index (χ4v) is 4.29. The average Bonchev–Trinajstić information content (AvgIpc) is 2.54. The van der Waals surface area contributed by atoms with Gasteiger partial charge in [-0.05, 0) is 44.2 Å². The van der Waals surface area contributed by atoms with Gasteiger partial charge in [-0.15, -0.1) is 0 Å². The highest BCUT2D eigenvalue weighted by atomic mass is 32.2. The van der Waals surface area contributed by atoms with E-state index < -0.39 is 10.0 Å². The predicted molar refractivity (Wildman–Crippen MR) is 85.8 cm³/mol. The summed E-state index contributed by atoms with van der Waals surface area (Å²) in [4.78, 5) is 11.8. The number of carbonyl (C=O) groups excluding carboxylic acids is 1. The van der Waals surface area contributed by atoms with E-state index in [0.717, 1.165) is 19.3 Å². The minimum Gasteiger partial charge on any atom is -0.356 e. The molecule has 1 amide bonds. The highest BCUT2D eigenvalue weighted by molar-refractivity contribution is 7.89. The van der Waals surface area contributed by atoms with E-state index in [2.05, 4.69) is 5.32 Å². The number of hydrogen-bond acceptors (Lipinski definition) is 3. The first-order valence-electron chi connectivity index (χ1n) is 7.86. The molecule has 0 bridgehead atoms. The molecule has 22 heavy (non-hydrogen) atoms. The summed E-state index contributed by atoms with van der Waals surface area (Å²) in [6.07, 6.45) is 3.02. The molecule has 5 nitrogen and oxygen atoms in total. The summed E-state index contributed by atoms with van der Waals surface area (Å²) < 4.78 is 26.6. The van der Waals surface area contributed by atoms with Gasteiger partial charge in [-0.1, -0.05) is 18.2 Å². The fraction of sp³-hybridized carbons (Fsp3) is 0.562. The second-order valence-corrected chi connectivity index (χ2v) is 7.59. The molecule has 1 saturated heterocycles. The number of sulfonamides is 1. The maximum Gasteiger partial charge on any atom is 0.243 e. The highest BCUT2D eigenvalue weighted by Gasteiger charge is 2.29. The molecule has 1 aliphatic rings. The van der Waals surface area contributed by atoms with Crippen LogP contribution in [0.4, 0.5) is 0 Å². The molecule has 1 N–H and O–H groups in total. The van der Waals surface area contributed by atoms with Crippen molar-refractivity contribution in [2.75, 3.05) is 19.6 Å². The van der Waals surface area contributed by atoms with Gasteiger partial charge >= 0.3 is 0 Å². The van der Waals surface area contributed by atoms with Crippen molar-refractivity contribution in [1.29, 1.82) is 0 Å². The molecule has 2 rings (SSSR count). The van der Waals surface area contributed by atoms with Crippen LogP contribution in [-0.2, 0) is 14.8 Å². The van der Waals surface area contributed by atoms with Crippen LogP contribution in [0.1, 0.15) is 32.6 Å². The van der Waals surface area contributed by atoms with E-state index in [1.165, 1.54) is 0 Å². The summed E-state index contributed by atoms with van der Waals surface area (Å²) in [5, 5.41) is 2.79. The van der Waals surface area contributed by atoms with E-state index in [1.54, 1.807) is 28.6 Å². The van der Waals surface area contributed by atoms with Gasteiger partial charge < -0.3 is 5.32 Å². The molecule has 1 fully saturated rings. The monoisotopic (exact) mass is 324 g/mol. The minimum absolute atomic E-state index is 0.0850. The van der Waals surface area contributed by atoms with Crippen LogP contribution in [0.3, 0.4) is 0 Å². The van der Waals surface area contributed by atoms with Crippen molar-refractivity contribution in [3.8, 4) is 0 Å². The fourth-order valence-electron chi connectivity index (χ4n) is 2.80. The van der Waals surface area contributed by atoms with E-state index in [1.807, 2.05) is 13.0 Å². The molecule has 0 saturated carbocycles. The maximum absolute atomic E-state index is 12.5. The second kappa shape index (κ2) is 7.74. The molecule has 1 aliphatic heterocycles. The normalized spacial score (nSPS) is 17.3. The van der Waals surface area contributed by atoms with Gasteiger partial charge in [0.1, 0.15) is 0 Å². The lowest BCUT2D eigenvalue weighted by Crippen LogP contribution is -2.38. The molecule has 6 heteroatoms. The lowest BCUT2D eigenvalue weighted by Gasteiger charge is -2.31. The molecule has 0 aromatic heterocycles. The minimum atomic E-state index is -3.37. The topological polar surface area (TPSA) is 66.5 Å². The van der Waals surface area contributed by atoms with Crippen LogP contribution in [0.15, 0.2) is 35.2 Å². The van der Waals surface area contributed by atoms with Crippen LogP contribution in [-0.4, -0.2) is 38.3 Å². The summed E-state index contributed by atoms with van der Waals surface area (Å²) >= 11 is 0. The first-order valence-corrected chi connectivity index (χ1v) is 9.30. The Morgan fingerprint density at radius 2 is 1.86 bits per heavy atom. The number of nitrogens with one attached hydrogen (secondary N) is 1. The van der Waals surface area contributed by atoms with Crippen LogP contribution in [0.25, 0.3) is 0 Å². The lowest BCUT2D eigenvalue weighted by molar-refractivity contribution is -0.121. The summed E-state index contributed by atoms with van der Waals surface area (Å²) in [5.41, 5.74) is 0. The van der Waals surface area contributed by atoms with Crippen molar-refractivity contribution >= 4 is 15.9 Å². The number of nitrogens with zero attached hydrogens (tertiary/aromatic N) is 1. The Labute approximate surface area is 132 Å². The second-order valence-electron chi connectivity index (χ2n) is 5.65. The number of benzene rings is 1. The van der Waals surface area contributed by atoms with Crippen molar-refractivity contribution in [3.05, 3.63) is 30.3 Å². The summed E-state index contributed by atoms with van der Waals surface area (Å²) in [7, 11) is -3.37. The van der Waals surface area contributed by atoms with Gasteiger partial charge in [0.25, 0.3) is 0 Å². The van der Waals surface area contributed by atoms with Crippen LogP contribution < -0.4 is 5.32 Å². The Hall–Kier alpha value is -1.40. The van der Waals surface area contributed by atoms with Gasteiger partial charge in [0.15, 0.2) is 0 Å². The van der Waals surface area contributed by atoms with Crippen molar-refractivity contribution in [2.24, 2.45) is 5.92 Å². The Morgan fingerprint density at radius 3 is 2.45 bits per heavy atom. The van der Waals surface area contributed by atoms with Crippen molar-refractivity contribution in [1.82, 2.24) is 9.62 Å². The van der Waals surface area contributed by atoms with Gasteiger partial charge in [0.2, 0.25) is 15.9 Å². The average molecular weight is 324 g/mol. The van der Waals surface area contributed by atoms with Gasteiger partial charge in [-0.25, -0.2) is 8.42 Å². The third kappa shape index (κ3) is 4.30. The van der Waals surface area contributed by atoms with Crippen molar-refractivity contribution < 1.29 is 13.2 Å². The Balaban J connectivity index is 1.86.